The maximum atomic E-state index is 5.72. The van der Waals surface area contributed by atoms with Gasteiger partial charge >= 0.3 is 0 Å². The minimum atomic E-state index is 0.624. The lowest BCUT2D eigenvalue weighted by Gasteiger charge is -2.28. The van der Waals surface area contributed by atoms with Crippen LogP contribution >= 0.6 is 0 Å². The molecule has 1 aliphatic heterocycles. The molecular weight excluding hydrogens is 174 g/mol. The minimum Gasteiger partial charge on any atom is -0.493 e. The number of fused-ring (bicyclic) bond motifs is 1. The van der Waals surface area contributed by atoms with Gasteiger partial charge in [-0.2, -0.15) is 0 Å². The van der Waals surface area contributed by atoms with Crippen LogP contribution in [0.5, 0.6) is 5.75 Å². The van der Waals surface area contributed by atoms with Crippen molar-refractivity contribution in [2.24, 2.45) is 5.92 Å². The van der Waals surface area contributed by atoms with E-state index in [-0.39, 0.29) is 0 Å². The molecule has 2 nitrogen and oxygen atoms in total. The van der Waals surface area contributed by atoms with Crippen LogP contribution in [0.4, 0.5) is 5.69 Å². The van der Waals surface area contributed by atoms with E-state index in [1.54, 1.807) is 0 Å². The lowest BCUT2D eigenvalue weighted by atomic mass is 9.84. The van der Waals surface area contributed by atoms with Crippen molar-refractivity contribution in [1.29, 1.82) is 0 Å². The maximum absolute atomic E-state index is 5.72. The standard InChI is InChI=1S/C12H17NO/c1-8(2)10-5-6-14-12-7-9(13)3-4-11(10)12/h3-4,7-8,10H,5-6,13H2,1-2H3. The van der Waals surface area contributed by atoms with Crippen molar-refractivity contribution in [2.45, 2.75) is 26.2 Å². The third kappa shape index (κ3) is 1.57. The monoisotopic (exact) mass is 191 g/mol. The summed E-state index contributed by atoms with van der Waals surface area (Å²) in [7, 11) is 0. The van der Waals surface area contributed by atoms with Gasteiger partial charge in [0, 0.05) is 11.8 Å². The first kappa shape index (κ1) is 9.38. The average molecular weight is 191 g/mol. The minimum absolute atomic E-state index is 0.624. The molecule has 14 heavy (non-hydrogen) atoms. The second-order valence-electron chi connectivity index (χ2n) is 4.28. The predicted octanol–water partition coefficient (Wildman–Crippen LogP) is 2.79. The van der Waals surface area contributed by atoms with Gasteiger partial charge in [-0.3, -0.25) is 0 Å². The van der Waals surface area contributed by atoms with Crippen molar-refractivity contribution in [2.75, 3.05) is 12.3 Å². The second kappa shape index (κ2) is 3.52. The SMILES string of the molecule is CC(C)C1CCOc2cc(N)ccc21. The summed E-state index contributed by atoms with van der Waals surface area (Å²) in [6.07, 6.45) is 1.12. The molecule has 0 amide bonds. The van der Waals surface area contributed by atoms with Crippen LogP contribution in [0.25, 0.3) is 0 Å². The molecule has 1 aromatic carbocycles. The Kier molecular flexibility index (Phi) is 2.36. The van der Waals surface area contributed by atoms with Crippen molar-refractivity contribution in [1.82, 2.24) is 0 Å². The van der Waals surface area contributed by atoms with Crippen molar-refractivity contribution < 1.29 is 4.74 Å². The summed E-state index contributed by atoms with van der Waals surface area (Å²) >= 11 is 0. The Labute approximate surface area is 85.1 Å². The summed E-state index contributed by atoms with van der Waals surface area (Å²) in [5, 5.41) is 0. The number of nitrogen functional groups attached to an aromatic ring is 1. The van der Waals surface area contributed by atoms with Gasteiger partial charge in [-0.05, 0) is 29.9 Å². The number of rotatable bonds is 1. The Balaban J connectivity index is 2.40. The Morgan fingerprint density at radius 3 is 2.93 bits per heavy atom. The zero-order chi connectivity index (χ0) is 10.1. The number of hydrogen-bond donors (Lipinski definition) is 1. The van der Waals surface area contributed by atoms with Gasteiger partial charge < -0.3 is 10.5 Å². The van der Waals surface area contributed by atoms with E-state index >= 15 is 0 Å². The first-order chi connectivity index (χ1) is 6.68. The van der Waals surface area contributed by atoms with E-state index in [0.717, 1.165) is 24.5 Å². The van der Waals surface area contributed by atoms with Crippen LogP contribution in [-0.2, 0) is 0 Å². The van der Waals surface area contributed by atoms with Gasteiger partial charge in [0.1, 0.15) is 5.75 Å². The quantitative estimate of drug-likeness (QED) is 0.693. The molecule has 1 atom stereocenters. The van der Waals surface area contributed by atoms with Crippen molar-refractivity contribution in [3.63, 3.8) is 0 Å². The molecular formula is C12H17NO. The van der Waals surface area contributed by atoms with Gasteiger partial charge in [-0.1, -0.05) is 19.9 Å². The smallest absolute Gasteiger partial charge is 0.124 e. The molecule has 2 rings (SSSR count). The number of hydrogen-bond acceptors (Lipinski definition) is 2. The van der Waals surface area contributed by atoms with E-state index in [1.807, 2.05) is 12.1 Å². The van der Waals surface area contributed by atoms with Gasteiger partial charge in [0.25, 0.3) is 0 Å². The van der Waals surface area contributed by atoms with Crippen LogP contribution in [0.2, 0.25) is 0 Å². The lowest BCUT2D eigenvalue weighted by Crippen LogP contribution is -2.18. The molecule has 0 bridgehead atoms. The number of benzene rings is 1. The van der Waals surface area contributed by atoms with Gasteiger partial charge in [0.2, 0.25) is 0 Å². The molecule has 0 fully saturated rings. The van der Waals surface area contributed by atoms with Crippen LogP contribution in [0.15, 0.2) is 18.2 Å². The number of anilines is 1. The van der Waals surface area contributed by atoms with Crippen molar-refractivity contribution in [3.8, 4) is 5.75 Å². The Morgan fingerprint density at radius 1 is 1.43 bits per heavy atom. The normalized spacial score (nSPS) is 20.4. The van der Waals surface area contributed by atoms with Crippen molar-refractivity contribution >= 4 is 5.69 Å². The molecule has 1 heterocycles. The Hall–Kier alpha value is -1.18. The zero-order valence-electron chi connectivity index (χ0n) is 8.79. The van der Waals surface area contributed by atoms with E-state index < -0.39 is 0 Å². The molecule has 0 radical (unpaired) electrons. The van der Waals surface area contributed by atoms with Crippen molar-refractivity contribution in [3.05, 3.63) is 23.8 Å². The van der Waals surface area contributed by atoms with Gasteiger partial charge in [-0.15, -0.1) is 0 Å². The first-order valence-electron chi connectivity index (χ1n) is 5.20. The largest absolute Gasteiger partial charge is 0.493 e. The molecule has 76 valence electrons. The second-order valence-corrected chi connectivity index (χ2v) is 4.28. The maximum Gasteiger partial charge on any atom is 0.124 e. The average Bonchev–Trinajstić information content (AvgIpc) is 2.16. The highest BCUT2D eigenvalue weighted by molar-refractivity contribution is 5.50. The summed E-state index contributed by atoms with van der Waals surface area (Å²) in [5.41, 5.74) is 7.83. The summed E-state index contributed by atoms with van der Waals surface area (Å²) in [4.78, 5) is 0. The molecule has 2 heteroatoms. The lowest BCUT2D eigenvalue weighted by molar-refractivity contribution is 0.247. The highest BCUT2D eigenvalue weighted by atomic mass is 16.5. The van der Waals surface area contributed by atoms with Gasteiger partial charge in [-0.25, -0.2) is 0 Å². The van der Waals surface area contributed by atoms with Crippen LogP contribution in [0.3, 0.4) is 0 Å². The molecule has 0 spiro atoms. The third-order valence-corrected chi connectivity index (χ3v) is 2.93. The van der Waals surface area contributed by atoms with Crippen LogP contribution < -0.4 is 10.5 Å². The summed E-state index contributed by atoms with van der Waals surface area (Å²) < 4.78 is 5.60. The summed E-state index contributed by atoms with van der Waals surface area (Å²) in [6.45, 7) is 5.34. The van der Waals surface area contributed by atoms with Crippen LogP contribution in [0.1, 0.15) is 31.7 Å². The number of ether oxygens (including phenoxy) is 1. The Bertz CT molecular complexity index is 333. The summed E-state index contributed by atoms with van der Waals surface area (Å²) in [6, 6.07) is 6.00. The van der Waals surface area contributed by atoms with Gasteiger partial charge in [0.15, 0.2) is 0 Å². The molecule has 0 aromatic heterocycles. The first-order valence-corrected chi connectivity index (χ1v) is 5.20. The highest BCUT2D eigenvalue weighted by Crippen LogP contribution is 2.38. The molecule has 0 saturated heterocycles. The van der Waals surface area contributed by atoms with Crippen LogP contribution in [-0.4, -0.2) is 6.61 Å². The fourth-order valence-corrected chi connectivity index (χ4v) is 2.13. The Morgan fingerprint density at radius 2 is 2.21 bits per heavy atom. The molecule has 2 N–H and O–H groups in total. The third-order valence-electron chi connectivity index (χ3n) is 2.93. The number of nitrogens with two attached hydrogens (primary N) is 1. The van der Waals surface area contributed by atoms with E-state index in [2.05, 4.69) is 19.9 Å². The highest BCUT2D eigenvalue weighted by Gasteiger charge is 2.23. The summed E-state index contributed by atoms with van der Waals surface area (Å²) in [5.74, 6) is 2.27. The molecule has 1 unspecified atom stereocenters. The zero-order valence-corrected chi connectivity index (χ0v) is 8.79. The van der Waals surface area contributed by atoms with E-state index in [9.17, 15) is 0 Å². The van der Waals surface area contributed by atoms with E-state index in [4.69, 9.17) is 10.5 Å². The topological polar surface area (TPSA) is 35.2 Å². The molecule has 0 aliphatic carbocycles. The van der Waals surface area contributed by atoms with E-state index in [1.165, 1.54) is 5.56 Å². The fraction of sp³-hybridized carbons (Fsp3) is 0.500. The molecule has 1 aromatic rings. The molecule has 0 saturated carbocycles. The van der Waals surface area contributed by atoms with Crippen LogP contribution in [0, 0.1) is 5.92 Å². The fourth-order valence-electron chi connectivity index (χ4n) is 2.13. The predicted molar refractivity (Wildman–Crippen MR) is 58.5 cm³/mol. The van der Waals surface area contributed by atoms with E-state index in [0.29, 0.717) is 11.8 Å². The van der Waals surface area contributed by atoms with Gasteiger partial charge in [0.05, 0.1) is 6.61 Å². The molecule has 1 aliphatic rings.